The fourth-order valence-electron chi connectivity index (χ4n) is 3.87. The van der Waals surface area contributed by atoms with Crippen LogP contribution in [0.15, 0.2) is 0 Å². The third-order valence-electron chi connectivity index (χ3n) is 5.30. The van der Waals surface area contributed by atoms with Gasteiger partial charge in [-0.3, -0.25) is 4.79 Å². The number of urea groups is 1. The van der Waals surface area contributed by atoms with Gasteiger partial charge in [0, 0.05) is 6.04 Å². The third kappa shape index (κ3) is 2.26. The van der Waals surface area contributed by atoms with Crippen molar-refractivity contribution in [2.75, 3.05) is 13.2 Å². The maximum atomic E-state index is 12.1. The van der Waals surface area contributed by atoms with Gasteiger partial charge in [-0.1, -0.05) is 6.42 Å². The van der Waals surface area contributed by atoms with Gasteiger partial charge >= 0.3 is 12.0 Å². The summed E-state index contributed by atoms with van der Waals surface area (Å²) >= 11 is 0. The molecule has 1 saturated heterocycles. The molecule has 3 N–H and O–H groups in total. The number of carbonyl (C=O) groups is 2. The van der Waals surface area contributed by atoms with Gasteiger partial charge in [-0.05, 0) is 38.0 Å². The van der Waals surface area contributed by atoms with E-state index in [4.69, 9.17) is 4.74 Å². The summed E-state index contributed by atoms with van der Waals surface area (Å²) in [7, 11) is 0. The van der Waals surface area contributed by atoms with Crippen molar-refractivity contribution in [1.29, 1.82) is 0 Å². The molecule has 0 radical (unpaired) electrons. The van der Waals surface area contributed by atoms with Crippen LogP contribution in [0.5, 0.6) is 0 Å². The molecule has 112 valence electrons. The standard InChI is InChI=1S/C14H22N2O4/c1-14(12(17)18)7-20-6-11(14)16-13(19)15-10-5-8-2-3-9(10)4-8/h8-11H,2-7H2,1H3,(H,17,18)(H2,15,16,19). The molecule has 0 spiro atoms. The number of aliphatic carboxylic acids is 1. The highest BCUT2D eigenvalue weighted by Gasteiger charge is 2.48. The van der Waals surface area contributed by atoms with Crippen molar-refractivity contribution < 1.29 is 19.4 Å². The number of fused-ring (bicyclic) bond motifs is 2. The number of rotatable bonds is 3. The molecule has 0 aromatic rings. The molecule has 1 heterocycles. The molecule has 2 amide bonds. The molecule has 6 nitrogen and oxygen atoms in total. The molecular formula is C14H22N2O4. The van der Waals surface area contributed by atoms with E-state index in [1.54, 1.807) is 6.92 Å². The van der Waals surface area contributed by atoms with Gasteiger partial charge < -0.3 is 20.5 Å². The zero-order valence-electron chi connectivity index (χ0n) is 11.7. The number of amides is 2. The molecule has 5 unspecified atom stereocenters. The Bertz CT molecular complexity index is 427. The highest BCUT2D eigenvalue weighted by atomic mass is 16.5. The summed E-state index contributed by atoms with van der Waals surface area (Å²) in [5.74, 6) is 0.445. The van der Waals surface area contributed by atoms with E-state index in [1.807, 2.05) is 0 Å². The van der Waals surface area contributed by atoms with Crippen molar-refractivity contribution in [3.63, 3.8) is 0 Å². The van der Waals surface area contributed by atoms with Crippen LogP contribution in [0.4, 0.5) is 4.79 Å². The van der Waals surface area contributed by atoms with E-state index < -0.39 is 17.4 Å². The minimum atomic E-state index is -1.04. The van der Waals surface area contributed by atoms with Crippen LogP contribution in [0.3, 0.4) is 0 Å². The smallest absolute Gasteiger partial charge is 0.315 e. The second-order valence-corrected chi connectivity index (χ2v) is 6.69. The Morgan fingerprint density at radius 1 is 1.25 bits per heavy atom. The number of nitrogens with one attached hydrogen (secondary N) is 2. The van der Waals surface area contributed by atoms with E-state index in [1.165, 1.54) is 19.3 Å². The SMILES string of the molecule is CC1(C(=O)O)COCC1NC(=O)NC1CC2CCC1C2. The Labute approximate surface area is 118 Å². The summed E-state index contributed by atoms with van der Waals surface area (Å²) < 4.78 is 5.23. The summed E-state index contributed by atoms with van der Waals surface area (Å²) in [6.07, 6.45) is 4.78. The molecule has 3 fully saturated rings. The first-order valence-electron chi connectivity index (χ1n) is 7.37. The number of hydrogen-bond acceptors (Lipinski definition) is 3. The van der Waals surface area contributed by atoms with Gasteiger partial charge in [0.1, 0.15) is 5.41 Å². The van der Waals surface area contributed by atoms with Crippen LogP contribution in [0.2, 0.25) is 0 Å². The van der Waals surface area contributed by atoms with Gasteiger partial charge in [-0.25, -0.2) is 4.79 Å². The van der Waals surface area contributed by atoms with Crippen molar-refractivity contribution in [3.8, 4) is 0 Å². The second-order valence-electron chi connectivity index (χ2n) is 6.69. The van der Waals surface area contributed by atoms with Crippen LogP contribution in [-0.2, 0) is 9.53 Å². The average molecular weight is 282 g/mol. The summed E-state index contributed by atoms with van der Waals surface area (Å²) in [5, 5.41) is 15.1. The first kappa shape index (κ1) is 13.7. The predicted molar refractivity (Wildman–Crippen MR) is 71.3 cm³/mol. The highest BCUT2D eigenvalue weighted by molar-refractivity contribution is 5.79. The normalized spacial score (nSPS) is 42.6. The summed E-state index contributed by atoms with van der Waals surface area (Å²) in [6, 6.07) is -0.476. The van der Waals surface area contributed by atoms with Gasteiger partial charge in [0.15, 0.2) is 0 Å². The summed E-state index contributed by atoms with van der Waals surface area (Å²) in [5.41, 5.74) is -1.04. The van der Waals surface area contributed by atoms with Crippen molar-refractivity contribution in [2.45, 2.75) is 44.7 Å². The van der Waals surface area contributed by atoms with Crippen LogP contribution in [-0.4, -0.2) is 42.4 Å². The minimum Gasteiger partial charge on any atom is -0.481 e. The molecular weight excluding hydrogens is 260 g/mol. The van der Waals surface area contributed by atoms with Crippen LogP contribution < -0.4 is 10.6 Å². The first-order valence-corrected chi connectivity index (χ1v) is 7.37. The predicted octanol–water partition coefficient (Wildman–Crippen LogP) is 0.964. The Morgan fingerprint density at radius 2 is 2.05 bits per heavy atom. The quantitative estimate of drug-likeness (QED) is 0.719. The van der Waals surface area contributed by atoms with Crippen LogP contribution >= 0.6 is 0 Å². The third-order valence-corrected chi connectivity index (χ3v) is 5.30. The average Bonchev–Trinajstić information content (AvgIpc) is 3.06. The van der Waals surface area contributed by atoms with Crippen LogP contribution in [0.1, 0.15) is 32.6 Å². The molecule has 2 saturated carbocycles. The van der Waals surface area contributed by atoms with E-state index in [2.05, 4.69) is 10.6 Å². The van der Waals surface area contributed by atoms with Gasteiger partial charge in [0.2, 0.25) is 0 Å². The van der Waals surface area contributed by atoms with Crippen molar-refractivity contribution in [1.82, 2.24) is 10.6 Å². The second kappa shape index (κ2) is 4.91. The fraction of sp³-hybridized carbons (Fsp3) is 0.857. The Balaban J connectivity index is 1.55. The maximum Gasteiger partial charge on any atom is 0.315 e. The lowest BCUT2D eigenvalue weighted by Gasteiger charge is -2.28. The lowest BCUT2D eigenvalue weighted by atomic mass is 9.85. The zero-order valence-corrected chi connectivity index (χ0v) is 11.7. The molecule has 2 bridgehead atoms. The number of carboxylic acids is 1. The van der Waals surface area contributed by atoms with Crippen molar-refractivity contribution >= 4 is 12.0 Å². The van der Waals surface area contributed by atoms with E-state index in [0.29, 0.717) is 5.92 Å². The lowest BCUT2D eigenvalue weighted by molar-refractivity contribution is -0.148. The van der Waals surface area contributed by atoms with Gasteiger partial charge in [-0.2, -0.15) is 0 Å². The minimum absolute atomic E-state index is 0.140. The monoisotopic (exact) mass is 282 g/mol. The van der Waals surface area contributed by atoms with Crippen molar-refractivity contribution in [2.24, 2.45) is 17.3 Å². The van der Waals surface area contributed by atoms with Gasteiger partial charge in [0.25, 0.3) is 0 Å². The molecule has 0 aromatic carbocycles. The maximum absolute atomic E-state index is 12.1. The zero-order chi connectivity index (χ0) is 14.3. The topological polar surface area (TPSA) is 87.7 Å². The molecule has 6 heteroatoms. The van der Waals surface area contributed by atoms with Gasteiger partial charge in [0.05, 0.1) is 19.3 Å². The largest absolute Gasteiger partial charge is 0.481 e. The number of carbonyl (C=O) groups excluding carboxylic acids is 1. The number of carboxylic acid groups (broad SMARTS) is 1. The molecule has 1 aliphatic heterocycles. The Hall–Kier alpha value is -1.30. The summed E-state index contributed by atoms with van der Waals surface area (Å²) in [4.78, 5) is 23.4. The lowest BCUT2D eigenvalue weighted by Crippen LogP contribution is -2.54. The molecule has 3 rings (SSSR count). The Kier molecular flexibility index (Phi) is 3.36. The van der Waals surface area contributed by atoms with E-state index in [-0.39, 0.29) is 25.3 Å². The highest BCUT2D eigenvalue weighted by Crippen LogP contribution is 2.44. The van der Waals surface area contributed by atoms with Gasteiger partial charge in [-0.15, -0.1) is 0 Å². The molecule has 2 aliphatic carbocycles. The molecule has 5 atom stereocenters. The van der Waals surface area contributed by atoms with E-state index >= 15 is 0 Å². The van der Waals surface area contributed by atoms with Crippen LogP contribution in [0, 0.1) is 17.3 Å². The molecule has 20 heavy (non-hydrogen) atoms. The first-order chi connectivity index (χ1) is 9.49. The number of hydrogen-bond donors (Lipinski definition) is 3. The number of ether oxygens (including phenoxy) is 1. The van der Waals surface area contributed by atoms with E-state index in [0.717, 1.165) is 12.3 Å². The van der Waals surface area contributed by atoms with E-state index in [9.17, 15) is 14.7 Å². The van der Waals surface area contributed by atoms with Crippen molar-refractivity contribution in [3.05, 3.63) is 0 Å². The Morgan fingerprint density at radius 3 is 2.65 bits per heavy atom. The molecule has 3 aliphatic rings. The summed E-state index contributed by atoms with van der Waals surface area (Å²) in [6.45, 7) is 2.01. The van der Waals surface area contributed by atoms with Crippen LogP contribution in [0.25, 0.3) is 0 Å². The molecule has 0 aromatic heterocycles. The fourth-order valence-corrected chi connectivity index (χ4v) is 3.87.